The van der Waals surface area contributed by atoms with Crippen molar-refractivity contribution in [2.24, 2.45) is 7.05 Å². The van der Waals surface area contributed by atoms with Gasteiger partial charge >= 0.3 is 0 Å². The standard InChI is InChI=1S/C31H20N2O/c1-32-25-13-7-5-11-20(25)22-15-16-24-28-26(33(30(24)29(22)32)19-9-3-2-4-10-19)18-17-23-21-12-6-8-14-27(21)34-31(23)28/h2-18H,1H3. The van der Waals surface area contributed by atoms with E-state index >= 15 is 0 Å². The molecule has 0 N–H and O–H groups in total. The van der Waals surface area contributed by atoms with Crippen LogP contribution in [0.4, 0.5) is 0 Å². The predicted molar refractivity (Wildman–Crippen MR) is 142 cm³/mol. The summed E-state index contributed by atoms with van der Waals surface area (Å²) < 4.78 is 11.2. The van der Waals surface area contributed by atoms with Crippen molar-refractivity contribution < 1.29 is 4.42 Å². The summed E-state index contributed by atoms with van der Waals surface area (Å²) >= 11 is 0. The van der Waals surface area contributed by atoms with Gasteiger partial charge in [0.1, 0.15) is 11.2 Å². The van der Waals surface area contributed by atoms with Crippen molar-refractivity contribution in [1.82, 2.24) is 9.13 Å². The summed E-state index contributed by atoms with van der Waals surface area (Å²) in [5.41, 5.74) is 7.88. The number of fused-ring (bicyclic) bond motifs is 11. The van der Waals surface area contributed by atoms with Crippen LogP contribution in [0.5, 0.6) is 0 Å². The average Bonchev–Trinajstić information content (AvgIpc) is 3.52. The molecular weight excluding hydrogens is 416 g/mol. The van der Waals surface area contributed by atoms with Gasteiger partial charge in [0.25, 0.3) is 0 Å². The topological polar surface area (TPSA) is 23.0 Å². The molecule has 0 radical (unpaired) electrons. The van der Waals surface area contributed by atoms with E-state index in [1.165, 1.54) is 38.1 Å². The molecule has 0 amide bonds. The van der Waals surface area contributed by atoms with Gasteiger partial charge in [-0.15, -0.1) is 0 Å². The molecule has 3 heteroatoms. The van der Waals surface area contributed by atoms with Crippen LogP contribution in [0.25, 0.3) is 71.2 Å². The molecule has 160 valence electrons. The third-order valence-electron chi connectivity index (χ3n) is 7.32. The molecule has 0 bridgehead atoms. The summed E-state index contributed by atoms with van der Waals surface area (Å²) in [6.45, 7) is 0. The van der Waals surface area contributed by atoms with Crippen molar-refractivity contribution in [3.05, 3.63) is 103 Å². The van der Waals surface area contributed by atoms with Crippen LogP contribution in [-0.2, 0) is 7.05 Å². The van der Waals surface area contributed by atoms with Crippen molar-refractivity contribution in [2.75, 3.05) is 0 Å². The van der Waals surface area contributed by atoms with E-state index in [0.717, 1.165) is 33.1 Å². The van der Waals surface area contributed by atoms with Crippen LogP contribution in [0, 0.1) is 0 Å². The molecule has 34 heavy (non-hydrogen) atoms. The molecule has 8 aromatic rings. The Morgan fingerprint density at radius 3 is 2.12 bits per heavy atom. The minimum absolute atomic E-state index is 0.927. The normalized spacial score (nSPS) is 12.3. The Labute approximate surface area is 195 Å². The van der Waals surface area contributed by atoms with Gasteiger partial charge in [-0.2, -0.15) is 0 Å². The van der Waals surface area contributed by atoms with Gasteiger partial charge in [0, 0.05) is 45.2 Å². The van der Waals surface area contributed by atoms with Gasteiger partial charge in [-0.05, 0) is 36.4 Å². The lowest BCUT2D eigenvalue weighted by Gasteiger charge is -2.09. The van der Waals surface area contributed by atoms with Gasteiger partial charge in [0.2, 0.25) is 0 Å². The molecule has 0 spiro atoms. The molecule has 5 aromatic carbocycles. The highest BCUT2D eigenvalue weighted by molar-refractivity contribution is 6.29. The summed E-state index contributed by atoms with van der Waals surface area (Å²) in [5.74, 6) is 0. The number of para-hydroxylation sites is 3. The number of hydrogen-bond donors (Lipinski definition) is 0. The van der Waals surface area contributed by atoms with Gasteiger partial charge in [0.15, 0.2) is 0 Å². The molecule has 0 fully saturated rings. The van der Waals surface area contributed by atoms with E-state index in [-0.39, 0.29) is 0 Å². The summed E-state index contributed by atoms with van der Waals surface area (Å²) in [6, 6.07) is 36.6. The lowest BCUT2D eigenvalue weighted by atomic mass is 10.1. The maximum Gasteiger partial charge on any atom is 0.145 e. The van der Waals surface area contributed by atoms with E-state index in [2.05, 4.69) is 113 Å². The number of aryl methyl sites for hydroxylation is 1. The van der Waals surface area contributed by atoms with Crippen LogP contribution < -0.4 is 0 Å². The molecular formula is C31H20N2O. The summed E-state index contributed by atoms with van der Waals surface area (Å²) in [5, 5.41) is 7.24. The maximum absolute atomic E-state index is 6.50. The van der Waals surface area contributed by atoms with E-state index in [9.17, 15) is 0 Å². The van der Waals surface area contributed by atoms with E-state index in [1.54, 1.807) is 0 Å². The lowest BCUT2D eigenvalue weighted by molar-refractivity contribution is 0.673. The number of aromatic nitrogens is 2. The summed E-state index contributed by atoms with van der Waals surface area (Å²) in [4.78, 5) is 0. The Morgan fingerprint density at radius 2 is 1.24 bits per heavy atom. The van der Waals surface area contributed by atoms with E-state index in [4.69, 9.17) is 4.42 Å². The number of furan rings is 1. The number of benzene rings is 5. The fourth-order valence-electron chi connectivity index (χ4n) is 5.87. The zero-order chi connectivity index (χ0) is 22.4. The molecule has 0 atom stereocenters. The minimum Gasteiger partial charge on any atom is -0.455 e. The third-order valence-corrected chi connectivity index (χ3v) is 7.32. The molecule has 0 aliphatic heterocycles. The van der Waals surface area contributed by atoms with Crippen LogP contribution in [0.2, 0.25) is 0 Å². The van der Waals surface area contributed by atoms with Gasteiger partial charge in [-0.25, -0.2) is 0 Å². The Balaban J connectivity index is 1.70. The zero-order valence-electron chi connectivity index (χ0n) is 18.6. The molecule has 0 aliphatic rings. The number of rotatable bonds is 1. The quantitative estimate of drug-likeness (QED) is 0.254. The molecule has 0 saturated heterocycles. The first-order chi connectivity index (χ1) is 16.8. The second kappa shape index (κ2) is 6.30. The molecule has 3 aromatic heterocycles. The summed E-state index contributed by atoms with van der Waals surface area (Å²) in [7, 11) is 2.17. The zero-order valence-corrected chi connectivity index (χ0v) is 18.6. The first-order valence-corrected chi connectivity index (χ1v) is 11.6. The number of hydrogen-bond acceptors (Lipinski definition) is 1. The molecule has 0 aliphatic carbocycles. The predicted octanol–water partition coefficient (Wildman–Crippen LogP) is 8.33. The van der Waals surface area contributed by atoms with Crippen molar-refractivity contribution in [3.8, 4) is 5.69 Å². The second-order valence-corrected chi connectivity index (χ2v) is 9.04. The Bertz CT molecular complexity index is 2070. The van der Waals surface area contributed by atoms with Crippen LogP contribution >= 0.6 is 0 Å². The lowest BCUT2D eigenvalue weighted by Crippen LogP contribution is -1.96. The van der Waals surface area contributed by atoms with Crippen LogP contribution in [0.3, 0.4) is 0 Å². The highest BCUT2D eigenvalue weighted by atomic mass is 16.3. The van der Waals surface area contributed by atoms with E-state index < -0.39 is 0 Å². The Hall–Kier alpha value is -4.50. The second-order valence-electron chi connectivity index (χ2n) is 9.04. The van der Waals surface area contributed by atoms with Crippen LogP contribution in [0.1, 0.15) is 0 Å². The fraction of sp³-hybridized carbons (Fsp3) is 0.0323. The van der Waals surface area contributed by atoms with Crippen molar-refractivity contribution in [1.29, 1.82) is 0 Å². The minimum atomic E-state index is 0.927. The monoisotopic (exact) mass is 436 g/mol. The first-order valence-electron chi connectivity index (χ1n) is 11.6. The van der Waals surface area contributed by atoms with Crippen LogP contribution in [-0.4, -0.2) is 9.13 Å². The largest absolute Gasteiger partial charge is 0.455 e. The first kappa shape index (κ1) is 18.0. The SMILES string of the molecule is Cn1c2ccccc2c2ccc3c4c5oc6ccccc6c5ccc4n(-c4ccccc4)c3c21. The molecule has 0 saturated carbocycles. The van der Waals surface area contributed by atoms with Crippen LogP contribution in [0.15, 0.2) is 108 Å². The Morgan fingerprint density at radius 1 is 0.529 bits per heavy atom. The van der Waals surface area contributed by atoms with Crippen molar-refractivity contribution in [2.45, 2.75) is 0 Å². The molecule has 3 nitrogen and oxygen atoms in total. The smallest absolute Gasteiger partial charge is 0.145 e. The van der Waals surface area contributed by atoms with Gasteiger partial charge < -0.3 is 13.6 Å². The van der Waals surface area contributed by atoms with E-state index in [1.807, 2.05) is 6.07 Å². The maximum atomic E-state index is 6.50. The molecule has 0 unspecified atom stereocenters. The van der Waals surface area contributed by atoms with Crippen molar-refractivity contribution in [3.63, 3.8) is 0 Å². The fourth-order valence-corrected chi connectivity index (χ4v) is 5.87. The van der Waals surface area contributed by atoms with E-state index in [0.29, 0.717) is 0 Å². The molecule has 8 rings (SSSR count). The third kappa shape index (κ3) is 2.12. The van der Waals surface area contributed by atoms with Crippen molar-refractivity contribution >= 4 is 65.6 Å². The average molecular weight is 437 g/mol. The summed E-state index contributed by atoms with van der Waals surface area (Å²) in [6.07, 6.45) is 0. The highest BCUT2D eigenvalue weighted by Crippen LogP contribution is 2.43. The van der Waals surface area contributed by atoms with Gasteiger partial charge in [-0.3, -0.25) is 0 Å². The van der Waals surface area contributed by atoms with Gasteiger partial charge in [0.05, 0.1) is 21.9 Å². The molecule has 3 heterocycles. The number of nitrogens with zero attached hydrogens (tertiary/aromatic N) is 2. The van der Waals surface area contributed by atoms with Gasteiger partial charge in [-0.1, -0.05) is 66.7 Å². The Kier molecular flexibility index (Phi) is 3.33. The highest BCUT2D eigenvalue weighted by Gasteiger charge is 2.22.